The highest BCUT2D eigenvalue weighted by Crippen LogP contribution is 2.41. The van der Waals surface area contributed by atoms with Crippen LogP contribution < -0.4 is 5.73 Å². The lowest BCUT2D eigenvalue weighted by Gasteiger charge is -2.52. The summed E-state index contributed by atoms with van der Waals surface area (Å²) in [5.41, 5.74) is 9.39. The number of nitrogens with two attached hydrogens (primary N) is 1. The lowest BCUT2D eigenvalue weighted by Crippen LogP contribution is -2.62. The predicted molar refractivity (Wildman–Crippen MR) is 83.8 cm³/mol. The van der Waals surface area contributed by atoms with Crippen LogP contribution in [0.15, 0.2) is 24.3 Å². The summed E-state index contributed by atoms with van der Waals surface area (Å²) in [7, 11) is 2.22. The Bertz CT molecular complexity index is 473. The number of rotatable bonds is 2. The predicted octanol–water partition coefficient (Wildman–Crippen LogP) is 1.81. The molecule has 0 amide bonds. The molecule has 0 bridgehead atoms. The second kappa shape index (κ2) is 5.47. The van der Waals surface area contributed by atoms with Gasteiger partial charge in [-0.1, -0.05) is 24.3 Å². The molecular weight excluding hydrogens is 246 g/mol. The number of hydrogen-bond donors (Lipinski definition) is 1. The van der Waals surface area contributed by atoms with Crippen molar-refractivity contribution in [2.24, 2.45) is 5.73 Å². The van der Waals surface area contributed by atoms with Gasteiger partial charge in [0.25, 0.3) is 0 Å². The van der Waals surface area contributed by atoms with E-state index in [9.17, 15) is 0 Å². The molecular formula is C17H27N3. The van der Waals surface area contributed by atoms with Gasteiger partial charge < -0.3 is 10.6 Å². The number of likely N-dealkylation sites (N-methyl/N-ethyl adjacent to an activating group) is 1. The van der Waals surface area contributed by atoms with Crippen LogP contribution in [0.5, 0.6) is 0 Å². The van der Waals surface area contributed by atoms with Crippen molar-refractivity contribution in [1.29, 1.82) is 0 Å². The molecule has 0 spiro atoms. The lowest BCUT2D eigenvalue weighted by atomic mass is 9.74. The van der Waals surface area contributed by atoms with Gasteiger partial charge in [0.05, 0.1) is 5.54 Å². The van der Waals surface area contributed by atoms with Gasteiger partial charge in [0, 0.05) is 32.2 Å². The van der Waals surface area contributed by atoms with E-state index in [4.69, 9.17) is 5.73 Å². The molecule has 3 nitrogen and oxygen atoms in total. The van der Waals surface area contributed by atoms with Gasteiger partial charge in [-0.25, -0.2) is 0 Å². The van der Waals surface area contributed by atoms with Crippen LogP contribution in [0, 0.1) is 0 Å². The quantitative estimate of drug-likeness (QED) is 0.892. The molecule has 3 rings (SSSR count). The van der Waals surface area contributed by atoms with E-state index in [1.807, 2.05) is 0 Å². The maximum absolute atomic E-state index is 6.33. The summed E-state index contributed by atoms with van der Waals surface area (Å²) < 4.78 is 0. The third-order valence-electron chi connectivity index (χ3n) is 5.27. The molecule has 1 saturated heterocycles. The van der Waals surface area contributed by atoms with Crippen LogP contribution in [0.2, 0.25) is 0 Å². The Morgan fingerprint density at radius 2 is 2.10 bits per heavy atom. The molecule has 20 heavy (non-hydrogen) atoms. The summed E-state index contributed by atoms with van der Waals surface area (Å²) in [6, 6.07) is 9.52. The summed E-state index contributed by atoms with van der Waals surface area (Å²) in [5, 5.41) is 0. The molecule has 1 aromatic rings. The van der Waals surface area contributed by atoms with Crippen molar-refractivity contribution in [2.75, 3.05) is 33.2 Å². The molecule has 1 heterocycles. The van der Waals surface area contributed by atoms with E-state index < -0.39 is 0 Å². The highest BCUT2D eigenvalue weighted by Gasteiger charge is 2.43. The number of hydrogen-bond acceptors (Lipinski definition) is 3. The Morgan fingerprint density at radius 3 is 2.85 bits per heavy atom. The highest BCUT2D eigenvalue weighted by molar-refractivity contribution is 5.37. The van der Waals surface area contributed by atoms with Gasteiger partial charge in [-0.2, -0.15) is 0 Å². The van der Waals surface area contributed by atoms with Crippen LogP contribution in [0.4, 0.5) is 0 Å². The van der Waals surface area contributed by atoms with Crippen molar-refractivity contribution in [1.82, 2.24) is 9.80 Å². The van der Waals surface area contributed by atoms with Crippen molar-refractivity contribution in [3.8, 4) is 0 Å². The van der Waals surface area contributed by atoms with Gasteiger partial charge in [0.2, 0.25) is 0 Å². The third-order valence-corrected chi connectivity index (χ3v) is 5.27. The van der Waals surface area contributed by atoms with E-state index in [-0.39, 0.29) is 5.54 Å². The Morgan fingerprint density at radius 1 is 1.30 bits per heavy atom. The van der Waals surface area contributed by atoms with Crippen LogP contribution in [-0.4, -0.2) is 49.1 Å². The first-order valence-electron chi connectivity index (χ1n) is 7.91. The number of benzene rings is 1. The van der Waals surface area contributed by atoms with Crippen LogP contribution in [0.25, 0.3) is 0 Å². The summed E-state index contributed by atoms with van der Waals surface area (Å²) in [6.45, 7) is 6.50. The van der Waals surface area contributed by atoms with Crippen molar-refractivity contribution < 1.29 is 0 Å². The van der Waals surface area contributed by atoms with Gasteiger partial charge in [-0.3, -0.25) is 4.90 Å². The molecule has 1 aromatic carbocycles. The van der Waals surface area contributed by atoms with Crippen molar-refractivity contribution in [3.05, 3.63) is 35.4 Å². The van der Waals surface area contributed by atoms with Crippen LogP contribution >= 0.6 is 0 Å². The van der Waals surface area contributed by atoms with Crippen LogP contribution in [0.1, 0.15) is 30.9 Å². The summed E-state index contributed by atoms with van der Waals surface area (Å²) >= 11 is 0. The molecule has 0 aromatic heterocycles. The number of piperazine rings is 1. The highest BCUT2D eigenvalue weighted by atomic mass is 15.3. The van der Waals surface area contributed by atoms with E-state index >= 15 is 0 Å². The van der Waals surface area contributed by atoms with Crippen molar-refractivity contribution in [2.45, 2.75) is 37.8 Å². The van der Waals surface area contributed by atoms with Crippen LogP contribution in [0.3, 0.4) is 0 Å². The maximum Gasteiger partial charge on any atom is 0.0589 e. The molecule has 1 aliphatic heterocycles. The molecule has 0 saturated carbocycles. The minimum Gasteiger partial charge on any atom is -0.328 e. The summed E-state index contributed by atoms with van der Waals surface area (Å²) in [6.07, 6.45) is 3.67. The minimum absolute atomic E-state index is 0.0650. The van der Waals surface area contributed by atoms with E-state index in [2.05, 4.69) is 48.0 Å². The second-order valence-electron chi connectivity index (χ2n) is 6.55. The van der Waals surface area contributed by atoms with Crippen LogP contribution in [-0.2, 0) is 12.0 Å². The second-order valence-corrected chi connectivity index (χ2v) is 6.55. The van der Waals surface area contributed by atoms with Crippen molar-refractivity contribution in [3.63, 3.8) is 0 Å². The first-order chi connectivity index (χ1) is 9.67. The van der Waals surface area contributed by atoms with Gasteiger partial charge in [0.15, 0.2) is 0 Å². The SMILES string of the molecule is CC1CN(C)CCN1C1(CN)CCCc2ccccc21. The zero-order valence-corrected chi connectivity index (χ0v) is 12.8. The number of fused-ring (bicyclic) bond motifs is 1. The fourth-order valence-corrected chi connectivity index (χ4v) is 4.30. The van der Waals surface area contributed by atoms with E-state index in [0.717, 1.165) is 26.2 Å². The van der Waals surface area contributed by atoms with E-state index in [1.165, 1.54) is 30.4 Å². The first kappa shape index (κ1) is 14.1. The van der Waals surface area contributed by atoms with Crippen molar-refractivity contribution >= 4 is 0 Å². The maximum atomic E-state index is 6.33. The molecule has 0 radical (unpaired) electrons. The average molecular weight is 273 g/mol. The van der Waals surface area contributed by atoms with Gasteiger partial charge >= 0.3 is 0 Å². The monoisotopic (exact) mass is 273 g/mol. The minimum atomic E-state index is 0.0650. The fourth-order valence-electron chi connectivity index (χ4n) is 4.30. The zero-order chi connectivity index (χ0) is 14.2. The normalized spacial score (nSPS) is 32.0. The van der Waals surface area contributed by atoms with Gasteiger partial charge in [-0.15, -0.1) is 0 Å². The fraction of sp³-hybridized carbons (Fsp3) is 0.647. The molecule has 3 heteroatoms. The van der Waals surface area contributed by atoms with E-state index in [0.29, 0.717) is 6.04 Å². The lowest BCUT2D eigenvalue weighted by molar-refractivity contribution is -0.00973. The largest absolute Gasteiger partial charge is 0.328 e. The van der Waals surface area contributed by atoms with E-state index in [1.54, 1.807) is 0 Å². The molecule has 1 aliphatic carbocycles. The standard InChI is InChI=1S/C17H27N3/c1-14-12-19(2)10-11-20(14)17(13-18)9-5-7-15-6-3-4-8-16(15)17/h3-4,6,8,14H,5,7,9-13,18H2,1-2H3. The van der Waals surface area contributed by atoms with Gasteiger partial charge in [0.1, 0.15) is 0 Å². The zero-order valence-electron chi connectivity index (χ0n) is 12.8. The molecule has 110 valence electrons. The Labute approximate surface area is 122 Å². The van der Waals surface area contributed by atoms with Gasteiger partial charge in [-0.05, 0) is 44.4 Å². The Kier molecular flexibility index (Phi) is 3.85. The topological polar surface area (TPSA) is 32.5 Å². The molecule has 2 atom stereocenters. The number of nitrogens with zero attached hydrogens (tertiary/aromatic N) is 2. The molecule has 2 aliphatic rings. The first-order valence-corrected chi connectivity index (χ1v) is 7.91. The summed E-state index contributed by atoms with van der Waals surface area (Å²) in [5.74, 6) is 0. The molecule has 1 fully saturated rings. The smallest absolute Gasteiger partial charge is 0.0589 e. The molecule has 2 N–H and O–H groups in total. The Hall–Kier alpha value is -0.900. The molecule has 2 unspecified atom stereocenters. The average Bonchev–Trinajstić information content (AvgIpc) is 2.47. The third kappa shape index (κ3) is 2.18. The Balaban J connectivity index is 2.00. The summed E-state index contributed by atoms with van der Waals surface area (Å²) in [4.78, 5) is 5.12. The number of aryl methyl sites for hydroxylation is 1.